The van der Waals surface area contributed by atoms with Crippen molar-refractivity contribution in [1.29, 1.82) is 5.26 Å². The highest BCUT2D eigenvalue weighted by molar-refractivity contribution is 7.80. The Morgan fingerprint density at radius 1 is 1.39 bits per heavy atom. The van der Waals surface area contributed by atoms with Crippen LogP contribution in [-0.4, -0.2) is 48.7 Å². The number of hydrogen-bond acceptors (Lipinski definition) is 5. The minimum absolute atomic E-state index is 0.00842. The first-order valence-electron chi connectivity index (χ1n) is 7.10. The van der Waals surface area contributed by atoms with Gasteiger partial charge in [-0.2, -0.15) is 5.26 Å². The monoisotopic (exact) mass is 331 g/mol. The predicted molar refractivity (Wildman–Crippen MR) is 89.7 cm³/mol. The van der Waals surface area contributed by atoms with Gasteiger partial charge in [-0.15, -0.1) is 0 Å². The maximum atomic E-state index is 12.0. The third kappa shape index (κ3) is 5.06. The molecule has 0 saturated carbocycles. The molecule has 0 aliphatic carbocycles. The fourth-order valence-electron chi connectivity index (χ4n) is 2.03. The second-order valence-corrected chi connectivity index (χ2v) is 5.32. The SMILES string of the molecule is N#C/C(=C/c1ccc(OCC(=O)N2CCOCC2)cc1)C(N)=S. The summed E-state index contributed by atoms with van der Waals surface area (Å²) < 4.78 is 10.7. The summed E-state index contributed by atoms with van der Waals surface area (Å²) in [6.45, 7) is 2.32. The number of carbonyl (C=O) groups is 1. The van der Waals surface area contributed by atoms with Crippen molar-refractivity contribution in [3.8, 4) is 11.8 Å². The normalized spacial score (nSPS) is 14.9. The molecule has 6 nitrogen and oxygen atoms in total. The van der Waals surface area contributed by atoms with Crippen molar-refractivity contribution >= 4 is 29.2 Å². The molecule has 1 aliphatic heterocycles. The molecule has 1 fully saturated rings. The highest BCUT2D eigenvalue weighted by Gasteiger charge is 2.16. The third-order valence-corrected chi connectivity index (χ3v) is 3.52. The number of hydrogen-bond donors (Lipinski definition) is 1. The second kappa shape index (κ2) is 8.27. The van der Waals surface area contributed by atoms with E-state index in [2.05, 4.69) is 0 Å². The van der Waals surface area contributed by atoms with Gasteiger partial charge >= 0.3 is 0 Å². The predicted octanol–water partition coefficient (Wildman–Crippen LogP) is 1.12. The molecule has 0 aromatic heterocycles. The lowest BCUT2D eigenvalue weighted by Crippen LogP contribution is -2.42. The van der Waals surface area contributed by atoms with Gasteiger partial charge in [0.1, 0.15) is 16.8 Å². The highest BCUT2D eigenvalue weighted by Crippen LogP contribution is 2.15. The number of rotatable bonds is 5. The summed E-state index contributed by atoms with van der Waals surface area (Å²) in [6.07, 6.45) is 1.60. The number of nitrogens with two attached hydrogens (primary N) is 1. The van der Waals surface area contributed by atoms with E-state index in [0.29, 0.717) is 32.1 Å². The highest BCUT2D eigenvalue weighted by atomic mass is 32.1. The second-order valence-electron chi connectivity index (χ2n) is 4.88. The number of ether oxygens (including phenoxy) is 2. The fourth-order valence-corrected chi connectivity index (χ4v) is 2.14. The van der Waals surface area contributed by atoms with Gasteiger partial charge in [0.25, 0.3) is 5.91 Å². The van der Waals surface area contributed by atoms with E-state index in [0.717, 1.165) is 5.56 Å². The fraction of sp³-hybridized carbons (Fsp3) is 0.312. The first-order valence-corrected chi connectivity index (χ1v) is 7.51. The maximum Gasteiger partial charge on any atom is 0.260 e. The Morgan fingerprint density at radius 3 is 2.61 bits per heavy atom. The summed E-state index contributed by atoms with van der Waals surface area (Å²) in [6, 6.07) is 8.94. The van der Waals surface area contributed by atoms with Gasteiger partial charge in [-0.25, -0.2) is 0 Å². The number of nitrogens with zero attached hydrogens (tertiary/aromatic N) is 2. The van der Waals surface area contributed by atoms with Gasteiger partial charge in [0.05, 0.1) is 18.8 Å². The van der Waals surface area contributed by atoms with Gasteiger partial charge in [-0.05, 0) is 23.8 Å². The molecule has 1 heterocycles. The van der Waals surface area contributed by atoms with E-state index in [1.54, 1.807) is 35.2 Å². The Bertz CT molecular complexity index is 644. The topological polar surface area (TPSA) is 88.6 Å². The van der Waals surface area contributed by atoms with Gasteiger partial charge in [-0.1, -0.05) is 24.4 Å². The van der Waals surface area contributed by atoms with Crippen molar-refractivity contribution in [3.63, 3.8) is 0 Å². The summed E-state index contributed by atoms with van der Waals surface area (Å²) in [7, 11) is 0. The molecule has 23 heavy (non-hydrogen) atoms. The van der Waals surface area contributed by atoms with Crippen LogP contribution in [0.3, 0.4) is 0 Å². The molecule has 2 rings (SSSR count). The minimum Gasteiger partial charge on any atom is -0.484 e. The Balaban J connectivity index is 1.91. The molecule has 2 N–H and O–H groups in total. The zero-order valence-corrected chi connectivity index (χ0v) is 13.3. The van der Waals surface area contributed by atoms with Crippen molar-refractivity contribution in [1.82, 2.24) is 4.90 Å². The van der Waals surface area contributed by atoms with Crippen LogP contribution in [0.4, 0.5) is 0 Å². The lowest BCUT2D eigenvalue weighted by molar-refractivity contribution is -0.137. The molecule has 1 aromatic rings. The van der Waals surface area contributed by atoms with E-state index in [4.69, 9.17) is 32.7 Å². The average molecular weight is 331 g/mol. The van der Waals surface area contributed by atoms with Gasteiger partial charge in [0.15, 0.2) is 6.61 Å². The van der Waals surface area contributed by atoms with Crippen LogP contribution in [0.5, 0.6) is 5.75 Å². The van der Waals surface area contributed by atoms with Crippen LogP contribution < -0.4 is 10.5 Å². The first kappa shape index (κ1) is 16.9. The average Bonchev–Trinajstić information content (AvgIpc) is 2.59. The Hall–Kier alpha value is -2.43. The van der Waals surface area contributed by atoms with Crippen molar-refractivity contribution in [2.45, 2.75) is 0 Å². The number of carbonyl (C=O) groups excluding carboxylic acids is 1. The quantitative estimate of drug-likeness (QED) is 0.494. The molecule has 0 bridgehead atoms. The van der Waals surface area contributed by atoms with Crippen molar-refractivity contribution in [3.05, 3.63) is 35.4 Å². The van der Waals surface area contributed by atoms with Gasteiger partial charge < -0.3 is 20.1 Å². The van der Waals surface area contributed by atoms with Crippen LogP contribution >= 0.6 is 12.2 Å². The van der Waals surface area contributed by atoms with Crippen LogP contribution in [0.2, 0.25) is 0 Å². The summed E-state index contributed by atoms with van der Waals surface area (Å²) in [4.78, 5) is 13.8. The lowest BCUT2D eigenvalue weighted by Gasteiger charge is -2.26. The molecule has 7 heteroatoms. The molecule has 0 atom stereocenters. The molecule has 0 spiro atoms. The van der Waals surface area contributed by atoms with Crippen molar-refractivity contribution in [2.75, 3.05) is 32.9 Å². The molecule has 1 saturated heterocycles. The number of amides is 1. The van der Waals surface area contributed by atoms with E-state index in [-0.39, 0.29) is 23.1 Å². The van der Waals surface area contributed by atoms with Crippen LogP contribution in [0.25, 0.3) is 6.08 Å². The van der Waals surface area contributed by atoms with E-state index < -0.39 is 0 Å². The number of morpholine rings is 1. The molecule has 1 aliphatic rings. The summed E-state index contributed by atoms with van der Waals surface area (Å²) in [5, 5.41) is 8.92. The molecular formula is C16H17N3O3S. The lowest BCUT2D eigenvalue weighted by atomic mass is 10.1. The van der Waals surface area contributed by atoms with Crippen molar-refractivity contribution < 1.29 is 14.3 Å². The van der Waals surface area contributed by atoms with E-state index in [9.17, 15) is 4.79 Å². The van der Waals surface area contributed by atoms with E-state index in [1.807, 2.05) is 6.07 Å². The Kier molecular flexibility index (Phi) is 6.09. The van der Waals surface area contributed by atoms with Gasteiger partial charge in [-0.3, -0.25) is 4.79 Å². The zero-order chi connectivity index (χ0) is 16.7. The summed E-state index contributed by atoms with van der Waals surface area (Å²) in [5.74, 6) is 0.523. The maximum absolute atomic E-state index is 12.0. The standard InChI is InChI=1S/C16H17N3O3S/c17-10-13(16(18)23)9-12-1-3-14(4-2-12)22-11-15(20)19-5-7-21-8-6-19/h1-4,9H,5-8,11H2,(H2,18,23)/b13-9-. The Labute approximate surface area is 140 Å². The van der Waals surface area contributed by atoms with Gasteiger partial charge in [0.2, 0.25) is 0 Å². The molecule has 0 radical (unpaired) electrons. The summed E-state index contributed by atoms with van der Waals surface area (Å²) >= 11 is 4.78. The van der Waals surface area contributed by atoms with Crippen molar-refractivity contribution in [2.24, 2.45) is 5.73 Å². The molecular weight excluding hydrogens is 314 g/mol. The van der Waals surface area contributed by atoms with Crippen LogP contribution in [0.15, 0.2) is 29.8 Å². The van der Waals surface area contributed by atoms with E-state index >= 15 is 0 Å². The third-order valence-electron chi connectivity index (χ3n) is 3.30. The number of benzene rings is 1. The van der Waals surface area contributed by atoms with Gasteiger partial charge in [0, 0.05) is 13.1 Å². The zero-order valence-electron chi connectivity index (χ0n) is 12.5. The molecule has 120 valence electrons. The number of thiocarbonyl (C=S) groups is 1. The Morgan fingerprint density at radius 2 is 2.04 bits per heavy atom. The van der Waals surface area contributed by atoms with Crippen LogP contribution in [0.1, 0.15) is 5.56 Å². The molecule has 1 amide bonds. The molecule has 1 aromatic carbocycles. The van der Waals surface area contributed by atoms with E-state index in [1.165, 1.54) is 0 Å². The van der Waals surface area contributed by atoms with Crippen LogP contribution in [-0.2, 0) is 9.53 Å². The van der Waals surface area contributed by atoms with Crippen LogP contribution in [0, 0.1) is 11.3 Å². The largest absolute Gasteiger partial charge is 0.484 e. The summed E-state index contributed by atoms with van der Waals surface area (Å²) in [5.41, 5.74) is 6.47. The minimum atomic E-state index is -0.0579. The smallest absolute Gasteiger partial charge is 0.260 e. The number of nitriles is 1. The molecule has 0 unspecified atom stereocenters. The first-order chi connectivity index (χ1) is 11.1.